The van der Waals surface area contributed by atoms with Gasteiger partial charge in [0.2, 0.25) is 0 Å². The molecule has 0 spiro atoms. The second-order valence-corrected chi connectivity index (χ2v) is 17.4. The molecule has 362 valence electrons. The number of ether oxygens (including phenoxy) is 3. The van der Waals surface area contributed by atoms with Gasteiger partial charge in [-0.15, -0.1) is 0 Å². The maximum atomic E-state index is 12.8. The van der Waals surface area contributed by atoms with E-state index in [9.17, 15) is 14.4 Å². The molecule has 63 heavy (non-hydrogen) atoms. The van der Waals surface area contributed by atoms with Crippen LogP contribution in [0.2, 0.25) is 0 Å². The van der Waals surface area contributed by atoms with Gasteiger partial charge in [0.15, 0.2) is 6.10 Å². The van der Waals surface area contributed by atoms with Crippen LogP contribution in [-0.2, 0) is 28.6 Å². The van der Waals surface area contributed by atoms with Gasteiger partial charge in [-0.05, 0) is 89.9 Å². The summed E-state index contributed by atoms with van der Waals surface area (Å²) in [5.41, 5.74) is 0. The normalized spacial score (nSPS) is 12.6. The molecule has 0 fully saturated rings. The standard InChI is InChI=1S/C57H98O6/c1-4-7-10-13-16-19-22-24-26-27-28-29-30-31-32-34-35-38-41-44-47-50-56(59)62-53-54(52-61-55(58)49-46-43-40-37-21-18-15-12-9-6-3)63-57(60)51-48-45-42-39-36-33-25-23-20-17-14-11-8-5-2/h7,10,16,19,23-26,28-29,31-32,54H,4-6,8-9,11-15,17-18,20-22,27,30,33-53H2,1-3H3/b10-7-,19-16-,25-23-,26-24-,29-28-,32-31-. The lowest BCUT2D eigenvalue weighted by Gasteiger charge is -2.18. The van der Waals surface area contributed by atoms with E-state index in [1.54, 1.807) is 0 Å². The van der Waals surface area contributed by atoms with Crippen molar-refractivity contribution in [1.82, 2.24) is 0 Å². The van der Waals surface area contributed by atoms with Crippen molar-refractivity contribution in [3.05, 3.63) is 72.9 Å². The van der Waals surface area contributed by atoms with E-state index >= 15 is 0 Å². The highest BCUT2D eigenvalue weighted by atomic mass is 16.6. The molecule has 0 saturated carbocycles. The summed E-state index contributed by atoms with van der Waals surface area (Å²) >= 11 is 0. The number of allylic oxidation sites excluding steroid dienone is 12. The molecule has 1 unspecified atom stereocenters. The summed E-state index contributed by atoms with van der Waals surface area (Å²) in [6, 6.07) is 0. The van der Waals surface area contributed by atoms with Crippen LogP contribution in [0.3, 0.4) is 0 Å². The van der Waals surface area contributed by atoms with Crippen molar-refractivity contribution in [1.29, 1.82) is 0 Å². The van der Waals surface area contributed by atoms with Gasteiger partial charge in [0.05, 0.1) is 0 Å². The van der Waals surface area contributed by atoms with Crippen LogP contribution in [0.4, 0.5) is 0 Å². The van der Waals surface area contributed by atoms with Crippen LogP contribution < -0.4 is 0 Å². The molecule has 0 aliphatic heterocycles. The zero-order valence-corrected chi connectivity index (χ0v) is 41.3. The second kappa shape index (κ2) is 51.5. The molecule has 0 heterocycles. The monoisotopic (exact) mass is 879 g/mol. The molecule has 0 bridgehead atoms. The Kier molecular flexibility index (Phi) is 48.9. The first-order valence-electron chi connectivity index (χ1n) is 26.4. The van der Waals surface area contributed by atoms with Gasteiger partial charge >= 0.3 is 17.9 Å². The summed E-state index contributed by atoms with van der Waals surface area (Å²) in [7, 11) is 0. The molecule has 0 aromatic heterocycles. The maximum Gasteiger partial charge on any atom is 0.306 e. The van der Waals surface area contributed by atoms with Crippen molar-refractivity contribution in [2.75, 3.05) is 13.2 Å². The molecule has 6 heteroatoms. The highest BCUT2D eigenvalue weighted by molar-refractivity contribution is 5.71. The van der Waals surface area contributed by atoms with E-state index in [1.165, 1.54) is 89.9 Å². The highest BCUT2D eigenvalue weighted by Crippen LogP contribution is 2.14. The third-order valence-electron chi connectivity index (χ3n) is 11.2. The molecule has 0 aromatic rings. The number of carbonyl (C=O) groups is 3. The summed E-state index contributed by atoms with van der Waals surface area (Å²) in [6.07, 6.45) is 64.6. The summed E-state index contributed by atoms with van der Waals surface area (Å²) < 4.78 is 16.8. The van der Waals surface area contributed by atoms with Crippen LogP contribution in [0.25, 0.3) is 0 Å². The van der Waals surface area contributed by atoms with Crippen LogP contribution >= 0.6 is 0 Å². The minimum Gasteiger partial charge on any atom is -0.462 e. The number of unbranched alkanes of at least 4 members (excludes halogenated alkanes) is 24. The zero-order chi connectivity index (χ0) is 45.8. The Labute approximate surface area is 389 Å². The molecule has 0 saturated heterocycles. The van der Waals surface area contributed by atoms with Gasteiger partial charge in [0.25, 0.3) is 0 Å². The predicted molar refractivity (Wildman–Crippen MR) is 270 cm³/mol. The summed E-state index contributed by atoms with van der Waals surface area (Å²) in [5, 5.41) is 0. The Morgan fingerprint density at radius 2 is 0.619 bits per heavy atom. The molecule has 1 atom stereocenters. The van der Waals surface area contributed by atoms with Gasteiger partial charge in [-0.1, -0.05) is 216 Å². The molecule has 0 aliphatic carbocycles. The summed E-state index contributed by atoms with van der Waals surface area (Å²) in [6.45, 7) is 6.48. The van der Waals surface area contributed by atoms with Crippen LogP contribution in [0, 0.1) is 0 Å². The summed E-state index contributed by atoms with van der Waals surface area (Å²) in [5.74, 6) is -0.910. The molecule has 0 aromatic carbocycles. The molecular formula is C57H98O6. The lowest BCUT2D eigenvalue weighted by molar-refractivity contribution is -0.167. The maximum absolute atomic E-state index is 12.8. The third kappa shape index (κ3) is 49.7. The predicted octanol–water partition coefficient (Wildman–Crippen LogP) is 17.4. The van der Waals surface area contributed by atoms with Crippen LogP contribution in [-0.4, -0.2) is 37.2 Å². The average molecular weight is 879 g/mol. The van der Waals surface area contributed by atoms with E-state index in [4.69, 9.17) is 14.2 Å². The van der Waals surface area contributed by atoms with Crippen molar-refractivity contribution in [2.45, 2.75) is 258 Å². The topological polar surface area (TPSA) is 78.9 Å². The summed E-state index contributed by atoms with van der Waals surface area (Å²) in [4.78, 5) is 37.9. The number of rotatable bonds is 47. The van der Waals surface area contributed by atoms with Crippen molar-refractivity contribution in [2.24, 2.45) is 0 Å². The fourth-order valence-electron chi connectivity index (χ4n) is 7.23. The lowest BCUT2D eigenvalue weighted by Crippen LogP contribution is -2.30. The van der Waals surface area contributed by atoms with Crippen LogP contribution in [0.1, 0.15) is 252 Å². The van der Waals surface area contributed by atoms with Crippen molar-refractivity contribution >= 4 is 17.9 Å². The molecule has 0 rings (SSSR count). The van der Waals surface area contributed by atoms with Crippen LogP contribution in [0.15, 0.2) is 72.9 Å². The average Bonchev–Trinajstić information content (AvgIpc) is 3.28. The van der Waals surface area contributed by atoms with Crippen molar-refractivity contribution < 1.29 is 28.6 Å². The van der Waals surface area contributed by atoms with E-state index in [0.29, 0.717) is 19.3 Å². The lowest BCUT2D eigenvalue weighted by atomic mass is 10.1. The molecule has 0 aliphatic rings. The number of esters is 3. The van der Waals surface area contributed by atoms with Gasteiger partial charge < -0.3 is 14.2 Å². The van der Waals surface area contributed by atoms with Gasteiger partial charge in [0.1, 0.15) is 13.2 Å². The van der Waals surface area contributed by atoms with Crippen molar-refractivity contribution in [3.8, 4) is 0 Å². The van der Waals surface area contributed by atoms with E-state index in [2.05, 4.69) is 93.7 Å². The Morgan fingerprint density at radius 3 is 0.984 bits per heavy atom. The fraction of sp³-hybridized carbons (Fsp3) is 0.737. The molecular weight excluding hydrogens is 781 g/mol. The molecule has 0 amide bonds. The fourth-order valence-corrected chi connectivity index (χ4v) is 7.23. The SMILES string of the molecule is CC/C=C\C/C=C\C/C=C\C/C=C\C/C=C\CCCCCCCC(=O)OCC(COC(=O)CCCCCCCCCCCC)OC(=O)CCCCCCC/C=C\CCCCCCC. The van der Waals surface area contributed by atoms with Crippen LogP contribution in [0.5, 0.6) is 0 Å². The first kappa shape index (κ1) is 59.9. The Hall–Kier alpha value is -3.15. The van der Waals surface area contributed by atoms with Gasteiger partial charge in [-0.25, -0.2) is 0 Å². The molecule has 0 radical (unpaired) electrons. The second-order valence-electron chi connectivity index (χ2n) is 17.4. The highest BCUT2D eigenvalue weighted by Gasteiger charge is 2.19. The minimum atomic E-state index is -0.785. The van der Waals surface area contributed by atoms with E-state index < -0.39 is 6.10 Å². The molecule has 6 nitrogen and oxygen atoms in total. The smallest absolute Gasteiger partial charge is 0.306 e. The quantitative estimate of drug-likeness (QED) is 0.0262. The van der Waals surface area contributed by atoms with Gasteiger partial charge in [-0.2, -0.15) is 0 Å². The minimum absolute atomic E-state index is 0.0836. The Morgan fingerprint density at radius 1 is 0.333 bits per heavy atom. The van der Waals surface area contributed by atoms with E-state index in [0.717, 1.165) is 122 Å². The Bertz CT molecular complexity index is 1190. The van der Waals surface area contributed by atoms with E-state index in [1.807, 2.05) is 0 Å². The zero-order valence-electron chi connectivity index (χ0n) is 41.3. The molecule has 0 N–H and O–H groups in total. The van der Waals surface area contributed by atoms with E-state index in [-0.39, 0.29) is 31.1 Å². The van der Waals surface area contributed by atoms with Gasteiger partial charge in [-0.3, -0.25) is 14.4 Å². The first-order chi connectivity index (χ1) is 31.0. The number of hydrogen-bond acceptors (Lipinski definition) is 6. The van der Waals surface area contributed by atoms with Gasteiger partial charge in [0, 0.05) is 19.3 Å². The number of hydrogen-bond donors (Lipinski definition) is 0. The first-order valence-corrected chi connectivity index (χ1v) is 26.4. The number of carbonyl (C=O) groups excluding carboxylic acids is 3. The third-order valence-corrected chi connectivity index (χ3v) is 11.2. The Balaban J connectivity index is 4.37. The largest absolute Gasteiger partial charge is 0.462 e. The van der Waals surface area contributed by atoms with Crippen molar-refractivity contribution in [3.63, 3.8) is 0 Å².